The number of para-hydroxylation sites is 1. The van der Waals surface area contributed by atoms with E-state index in [4.69, 9.17) is 0 Å². The second kappa shape index (κ2) is 7.64. The van der Waals surface area contributed by atoms with Crippen LogP contribution in [0.4, 0.5) is 5.69 Å². The second-order valence-electron chi connectivity index (χ2n) is 7.43. The number of hydrogen-bond donors (Lipinski definition) is 0. The molecule has 0 saturated carbocycles. The Hall–Kier alpha value is -4.07. The van der Waals surface area contributed by atoms with Crippen molar-refractivity contribution in [2.24, 2.45) is 0 Å². The van der Waals surface area contributed by atoms with E-state index in [9.17, 15) is 14.4 Å². The summed E-state index contributed by atoms with van der Waals surface area (Å²) in [7, 11) is 0. The predicted molar refractivity (Wildman–Crippen MR) is 115 cm³/mol. The molecule has 8 nitrogen and oxygen atoms in total. The van der Waals surface area contributed by atoms with Crippen molar-refractivity contribution in [3.63, 3.8) is 0 Å². The summed E-state index contributed by atoms with van der Waals surface area (Å²) in [5, 5.41) is 4.63. The maximum Gasteiger partial charge on any atom is 0.264 e. The van der Waals surface area contributed by atoms with E-state index >= 15 is 0 Å². The zero-order valence-corrected chi connectivity index (χ0v) is 16.6. The monoisotopic (exact) mass is 413 g/mol. The van der Waals surface area contributed by atoms with Gasteiger partial charge in [-0.1, -0.05) is 30.3 Å². The van der Waals surface area contributed by atoms with Crippen molar-refractivity contribution in [1.29, 1.82) is 0 Å². The molecule has 0 atom stereocenters. The van der Waals surface area contributed by atoms with Crippen molar-refractivity contribution in [3.8, 4) is 5.69 Å². The molecule has 2 aromatic heterocycles. The molecule has 1 amide bonds. The van der Waals surface area contributed by atoms with Gasteiger partial charge in [-0.3, -0.25) is 19.0 Å². The van der Waals surface area contributed by atoms with Gasteiger partial charge in [-0.25, -0.2) is 9.67 Å². The van der Waals surface area contributed by atoms with E-state index in [2.05, 4.69) is 10.1 Å². The molecule has 1 aliphatic rings. The Morgan fingerprint density at radius 2 is 1.81 bits per heavy atom. The number of hydrogen-bond acceptors (Lipinski definition) is 5. The number of fused-ring (bicyclic) bond motifs is 1. The quantitative estimate of drug-likeness (QED) is 0.469. The Morgan fingerprint density at radius 3 is 2.58 bits per heavy atom. The number of ketones is 1. The normalized spacial score (nSPS) is 13.8. The Kier molecular flexibility index (Phi) is 4.66. The third-order valence-electron chi connectivity index (χ3n) is 5.42. The standard InChI is InChI=1S/C23H19N5O3/c29-20(16-6-4-9-18(12-16)27-11-5-10-21(27)30)14-26-15-24-22-19(23(26)31)13-25-28(22)17-7-2-1-3-8-17/h1-4,6-9,12-13,15H,5,10-11,14H2. The van der Waals surface area contributed by atoms with Crippen LogP contribution in [-0.2, 0) is 11.3 Å². The highest BCUT2D eigenvalue weighted by molar-refractivity contribution is 5.99. The van der Waals surface area contributed by atoms with E-state index in [-0.39, 0.29) is 23.8 Å². The zero-order valence-electron chi connectivity index (χ0n) is 16.6. The molecule has 1 saturated heterocycles. The lowest BCUT2D eigenvalue weighted by Crippen LogP contribution is -2.26. The fraction of sp³-hybridized carbons (Fsp3) is 0.174. The molecule has 0 N–H and O–H groups in total. The van der Waals surface area contributed by atoms with Gasteiger partial charge >= 0.3 is 0 Å². The van der Waals surface area contributed by atoms with Gasteiger partial charge in [-0.2, -0.15) is 5.10 Å². The molecule has 1 fully saturated rings. The largest absolute Gasteiger partial charge is 0.312 e. The maximum absolute atomic E-state index is 12.9. The highest BCUT2D eigenvalue weighted by Crippen LogP contribution is 2.22. The number of Topliss-reactive ketones (excluding diaryl/α,β-unsaturated/α-hetero) is 1. The summed E-state index contributed by atoms with van der Waals surface area (Å²) in [4.78, 5) is 43.9. The summed E-state index contributed by atoms with van der Waals surface area (Å²) in [6.07, 6.45) is 4.18. The summed E-state index contributed by atoms with van der Waals surface area (Å²) in [5.41, 5.74) is 2.06. The highest BCUT2D eigenvalue weighted by Gasteiger charge is 2.22. The van der Waals surface area contributed by atoms with E-state index in [0.717, 1.165) is 12.1 Å². The van der Waals surface area contributed by atoms with Gasteiger partial charge in [0.05, 0.1) is 18.4 Å². The lowest BCUT2D eigenvalue weighted by molar-refractivity contribution is -0.117. The Morgan fingerprint density at radius 1 is 1.00 bits per heavy atom. The van der Waals surface area contributed by atoms with Crippen LogP contribution in [-0.4, -0.2) is 37.6 Å². The van der Waals surface area contributed by atoms with Gasteiger partial charge in [0.2, 0.25) is 5.91 Å². The average molecular weight is 413 g/mol. The van der Waals surface area contributed by atoms with Gasteiger partial charge in [0.1, 0.15) is 11.7 Å². The summed E-state index contributed by atoms with van der Waals surface area (Å²) in [5.74, 6) is -0.168. The topological polar surface area (TPSA) is 90.1 Å². The Bertz CT molecular complexity index is 1360. The minimum atomic E-state index is -0.327. The number of benzene rings is 2. The average Bonchev–Trinajstić information content (AvgIpc) is 3.43. The van der Waals surface area contributed by atoms with Gasteiger partial charge in [0, 0.05) is 24.2 Å². The highest BCUT2D eigenvalue weighted by atomic mass is 16.2. The lowest BCUT2D eigenvalue weighted by Gasteiger charge is -2.16. The first kappa shape index (κ1) is 18.9. The van der Waals surface area contributed by atoms with Crippen LogP contribution in [0.3, 0.4) is 0 Å². The molecule has 0 unspecified atom stereocenters. The zero-order chi connectivity index (χ0) is 21.4. The van der Waals surface area contributed by atoms with Crippen LogP contribution in [0.5, 0.6) is 0 Å². The van der Waals surface area contributed by atoms with Crippen LogP contribution in [0.1, 0.15) is 23.2 Å². The van der Waals surface area contributed by atoms with Crippen LogP contribution in [0.2, 0.25) is 0 Å². The molecule has 31 heavy (non-hydrogen) atoms. The molecule has 154 valence electrons. The minimum absolute atomic E-state index is 0.0610. The van der Waals surface area contributed by atoms with Crippen LogP contribution in [0, 0.1) is 0 Å². The van der Waals surface area contributed by atoms with E-state index in [1.54, 1.807) is 27.8 Å². The van der Waals surface area contributed by atoms with Crippen LogP contribution in [0.15, 0.2) is 71.9 Å². The van der Waals surface area contributed by atoms with E-state index in [1.807, 2.05) is 36.4 Å². The van der Waals surface area contributed by atoms with Crippen molar-refractivity contribution in [2.75, 3.05) is 11.4 Å². The van der Waals surface area contributed by atoms with Crippen LogP contribution >= 0.6 is 0 Å². The molecular weight excluding hydrogens is 394 g/mol. The number of aromatic nitrogens is 4. The summed E-state index contributed by atoms with van der Waals surface area (Å²) in [6, 6.07) is 16.4. The number of amides is 1. The van der Waals surface area contributed by atoms with Crippen LogP contribution < -0.4 is 10.5 Å². The predicted octanol–water partition coefficient (Wildman–Crippen LogP) is 2.59. The molecule has 0 radical (unpaired) electrons. The number of carbonyl (C=O) groups is 2. The first-order valence-corrected chi connectivity index (χ1v) is 10.0. The fourth-order valence-electron chi connectivity index (χ4n) is 3.83. The lowest BCUT2D eigenvalue weighted by atomic mass is 10.1. The first-order valence-electron chi connectivity index (χ1n) is 10.0. The van der Waals surface area contributed by atoms with E-state index in [0.29, 0.717) is 35.2 Å². The molecule has 8 heteroatoms. The summed E-state index contributed by atoms with van der Waals surface area (Å²) in [6.45, 7) is 0.512. The van der Waals surface area contributed by atoms with Gasteiger partial charge in [-0.05, 0) is 30.7 Å². The summed E-state index contributed by atoms with van der Waals surface area (Å²) < 4.78 is 2.88. The molecule has 5 rings (SSSR count). The molecule has 1 aliphatic heterocycles. The van der Waals surface area contributed by atoms with Gasteiger partial charge in [-0.15, -0.1) is 0 Å². The molecule has 3 heterocycles. The van der Waals surface area contributed by atoms with Gasteiger partial charge in [0.25, 0.3) is 5.56 Å². The smallest absolute Gasteiger partial charge is 0.264 e. The number of carbonyl (C=O) groups excluding carboxylic acids is 2. The van der Waals surface area contributed by atoms with Crippen molar-refractivity contribution < 1.29 is 9.59 Å². The number of nitrogens with zero attached hydrogens (tertiary/aromatic N) is 5. The van der Waals surface area contributed by atoms with Crippen molar-refractivity contribution >= 4 is 28.4 Å². The fourth-order valence-corrected chi connectivity index (χ4v) is 3.83. The number of rotatable bonds is 5. The van der Waals surface area contributed by atoms with E-state index in [1.165, 1.54) is 17.1 Å². The van der Waals surface area contributed by atoms with Crippen LogP contribution in [0.25, 0.3) is 16.7 Å². The maximum atomic E-state index is 12.9. The van der Waals surface area contributed by atoms with Gasteiger partial charge in [0.15, 0.2) is 11.4 Å². The molecule has 4 aromatic rings. The van der Waals surface area contributed by atoms with Crippen molar-refractivity contribution in [1.82, 2.24) is 19.3 Å². The molecular formula is C23H19N5O3. The molecule has 2 aromatic carbocycles. The van der Waals surface area contributed by atoms with Crippen molar-refractivity contribution in [3.05, 3.63) is 83.0 Å². The minimum Gasteiger partial charge on any atom is -0.312 e. The SMILES string of the molecule is O=C(Cn1cnc2c(cnn2-c2ccccc2)c1=O)c1cccc(N2CCCC2=O)c1. The summed E-state index contributed by atoms with van der Waals surface area (Å²) >= 11 is 0. The Labute approximate surface area is 177 Å². The van der Waals surface area contributed by atoms with Crippen molar-refractivity contribution in [2.45, 2.75) is 19.4 Å². The molecule has 0 spiro atoms. The molecule has 0 bridgehead atoms. The third-order valence-corrected chi connectivity index (χ3v) is 5.42. The first-order chi connectivity index (χ1) is 15.1. The second-order valence-corrected chi connectivity index (χ2v) is 7.43. The molecule has 0 aliphatic carbocycles. The van der Waals surface area contributed by atoms with E-state index < -0.39 is 0 Å². The number of anilines is 1. The van der Waals surface area contributed by atoms with Gasteiger partial charge < -0.3 is 4.90 Å². The third kappa shape index (κ3) is 3.42. The Balaban J connectivity index is 1.43.